The van der Waals surface area contributed by atoms with Gasteiger partial charge in [0.1, 0.15) is 0 Å². The van der Waals surface area contributed by atoms with E-state index in [0.717, 1.165) is 0 Å². The van der Waals surface area contributed by atoms with E-state index >= 15 is 0 Å². The summed E-state index contributed by atoms with van der Waals surface area (Å²) in [5.74, 6) is -0.118. The smallest absolute Gasteiger partial charge is 0.216 e. The molecule has 0 aliphatic heterocycles. The van der Waals surface area contributed by atoms with Crippen LogP contribution in [-0.2, 0) is 23.8 Å². The first-order valence-corrected chi connectivity index (χ1v) is 6.35. The predicted octanol–water partition coefficient (Wildman–Crippen LogP) is -0.692. The number of hydrogen-bond acceptors (Lipinski definition) is 5. The molecular weight excluding hydrogens is 252 g/mol. The highest BCUT2D eigenvalue weighted by Crippen LogP contribution is 1.81. The van der Waals surface area contributed by atoms with Gasteiger partial charge in [-0.2, -0.15) is 0 Å². The summed E-state index contributed by atoms with van der Waals surface area (Å²) < 4.78 is 15.7. The zero-order valence-corrected chi connectivity index (χ0v) is 11.7. The molecule has 0 rings (SSSR count). The van der Waals surface area contributed by atoms with Gasteiger partial charge in [0.15, 0.2) is 0 Å². The number of hydrogen-bond donors (Lipinski definition) is 2. The maximum atomic E-state index is 10.5. The van der Waals surface area contributed by atoms with Crippen LogP contribution in [0.1, 0.15) is 13.8 Å². The molecule has 19 heavy (non-hydrogen) atoms. The summed E-state index contributed by atoms with van der Waals surface area (Å²) in [7, 11) is 0. The molecule has 2 amide bonds. The Labute approximate surface area is 114 Å². The Morgan fingerprint density at radius 1 is 0.684 bits per heavy atom. The molecule has 0 bridgehead atoms. The lowest BCUT2D eigenvalue weighted by atomic mass is 10.6. The van der Waals surface area contributed by atoms with Crippen molar-refractivity contribution >= 4 is 11.8 Å². The number of amides is 2. The summed E-state index contributed by atoms with van der Waals surface area (Å²) in [4.78, 5) is 21.1. The van der Waals surface area contributed by atoms with E-state index in [4.69, 9.17) is 14.2 Å². The van der Waals surface area contributed by atoms with E-state index in [1.807, 2.05) is 0 Å². The second-order valence-corrected chi connectivity index (χ2v) is 3.80. The van der Waals surface area contributed by atoms with Crippen LogP contribution >= 0.6 is 0 Å². The summed E-state index contributed by atoms with van der Waals surface area (Å²) >= 11 is 0. The molecule has 0 aliphatic rings. The third-order valence-corrected chi connectivity index (χ3v) is 1.98. The van der Waals surface area contributed by atoms with E-state index in [2.05, 4.69) is 10.6 Å². The molecule has 0 radical (unpaired) electrons. The normalized spacial score (nSPS) is 10.2. The van der Waals surface area contributed by atoms with Crippen molar-refractivity contribution in [1.82, 2.24) is 10.6 Å². The van der Waals surface area contributed by atoms with Crippen LogP contribution in [0.25, 0.3) is 0 Å². The largest absolute Gasteiger partial charge is 0.377 e. The average molecular weight is 276 g/mol. The number of carbonyl (C=O) groups is 2. The van der Waals surface area contributed by atoms with Crippen molar-refractivity contribution in [2.45, 2.75) is 13.8 Å². The number of carbonyl (C=O) groups excluding carboxylic acids is 2. The Morgan fingerprint density at radius 2 is 1.00 bits per heavy atom. The van der Waals surface area contributed by atoms with Crippen LogP contribution < -0.4 is 10.6 Å². The zero-order chi connectivity index (χ0) is 14.3. The van der Waals surface area contributed by atoms with Crippen molar-refractivity contribution in [2.24, 2.45) is 0 Å². The lowest BCUT2D eigenvalue weighted by molar-refractivity contribution is -0.120. The number of rotatable bonds is 12. The summed E-state index contributed by atoms with van der Waals surface area (Å²) in [5.41, 5.74) is 0. The minimum Gasteiger partial charge on any atom is -0.377 e. The monoisotopic (exact) mass is 276 g/mol. The lowest BCUT2D eigenvalue weighted by Gasteiger charge is -2.07. The predicted molar refractivity (Wildman–Crippen MR) is 69.8 cm³/mol. The molecule has 0 aliphatic carbocycles. The molecule has 0 heterocycles. The maximum absolute atomic E-state index is 10.5. The number of nitrogens with one attached hydrogen (secondary N) is 2. The molecule has 7 heteroatoms. The van der Waals surface area contributed by atoms with Gasteiger partial charge in [0, 0.05) is 26.9 Å². The van der Waals surface area contributed by atoms with Gasteiger partial charge in [-0.15, -0.1) is 0 Å². The Balaban J connectivity index is 2.99. The summed E-state index contributed by atoms with van der Waals surface area (Å²) in [6, 6.07) is 0. The van der Waals surface area contributed by atoms with Gasteiger partial charge in [0.25, 0.3) is 0 Å². The maximum Gasteiger partial charge on any atom is 0.216 e. The highest BCUT2D eigenvalue weighted by molar-refractivity contribution is 5.73. The Hall–Kier alpha value is -1.18. The molecule has 0 atom stereocenters. The molecule has 0 aromatic rings. The van der Waals surface area contributed by atoms with Gasteiger partial charge in [0.2, 0.25) is 11.8 Å². The summed E-state index contributed by atoms with van der Waals surface area (Å²) in [6.07, 6.45) is 0. The van der Waals surface area contributed by atoms with Gasteiger partial charge >= 0.3 is 0 Å². The quantitative estimate of drug-likeness (QED) is 0.461. The van der Waals surface area contributed by atoms with E-state index in [1.54, 1.807) is 0 Å². The molecule has 2 N–H and O–H groups in total. The van der Waals surface area contributed by atoms with Gasteiger partial charge < -0.3 is 24.8 Å². The molecule has 0 fully saturated rings. The first-order valence-electron chi connectivity index (χ1n) is 6.35. The first-order chi connectivity index (χ1) is 9.13. The molecule has 7 nitrogen and oxygen atoms in total. The molecule has 0 spiro atoms. The second-order valence-electron chi connectivity index (χ2n) is 3.80. The van der Waals surface area contributed by atoms with Gasteiger partial charge in [-0.3, -0.25) is 9.59 Å². The summed E-state index contributed by atoms with van der Waals surface area (Å²) in [5, 5.41) is 5.26. The van der Waals surface area contributed by atoms with Crippen LogP contribution in [0.3, 0.4) is 0 Å². The molecule has 0 unspecified atom stereocenters. The van der Waals surface area contributed by atoms with Gasteiger partial charge in [-0.25, -0.2) is 0 Å². The van der Waals surface area contributed by atoms with Crippen LogP contribution in [-0.4, -0.2) is 64.5 Å². The van der Waals surface area contributed by atoms with Crippen LogP contribution in [0.15, 0.2) is 0 Å². The van der Waals surface area contributed by atoms with Crippen LogP contribution in [0, 0.1) is 0 Å². The third-order valence-electron chi connectivity index (χ3n) is 1.98. The SMILES string of the molecule is CC(=O)NCCOCCOCCOCCNC(C)=O. The number of ether oxygens (including phenoxy) is 3. The average Bonchev–Trinajstić information content (AvgIpc) is 2.34. The van der Waals surface area contributed by atoms with Crippen molar-refractivity contribution in [3.63, 3.8) is 0 Å². The van der Waals surface area contributed by atoms with Crippen molar-refractivity contribution in [3.8, 4) is 0 Å². The van der Waals surface area contributed by atoms with Crippen LogP contribution in [0.5, 0.6) is 0 Å². The molecular formula is C12H24N2O5. The molecule has 0 aromatic heterocycles. The first kappa shape index (κ1) is 17.8. The highest BCUT2D eigenvalue weighted by atomic mass is 16.5. The lowest BCUT2D eigenvalue weighted by Crippen LogP contribution is -2.25. The van der Waals surface area contributed by atoms with Gasteiger partial charge in [0.05, 0.1) is 39.6 Å². The fourth-order valence-electron chi connectivity index (χ4n) is 1.14. The second kappa shape index (κ2) is 13.3. The standard InChI is InChI=1S/C12H24N2O5/c1-11(15)13-3-5-17-7-9-19-10-8-18-6-4-14-12(2)16/h3-10H2,1-2H3,(H,13,15)(H,14,16). The molecule has 112 valence electrons. The van der Waals surface area contributed by atoms with Crippen LogP contribution in [0.2, 0.25) is 0 Å². The van der Waals surface area contributed by atoms with E-state index in [-0.39, 0.29) is 11.8 Å². The van der Waals surface area contributed by atoms with Crippen molar-refractivity contribution < 1.29 is 23.8 Å². The van der Waals surface area contributed by atoms with E-state index in [9.17, 15) is 9.59 Å². The minimum atomic E-state index is -0.0590. The summed E-state index contributed by atoms with van der Waals surface area (Å²) in [6.45, 7) is 6.90. The molecule has 0 saturated heterocycles. The fraction of sp³-hybridized carbons (Fsp3) is 0.833. The van der Waals surface area contributed by atoms with Crippen molar-refractivity contribution in [3.05, 3.63) is 0 Å². The van der Waals surface area contributed by atoms with Crippen LogP contribution in [0.4, 0.5) is 0 Å². The van der Waals surface area contributed by atoms with E-state index in [0.29, 0.717) is 52.7 Å². The Morgan fingerprint density at radius 3 is 1.32 bits per heavy atom. The Bertz CT molecular complexity index is 224. The Kier molecular flexibility index (Phi) is 12.4. The minimum absolute atomic E-state index is 0.0590. The highest BCUT2D eigenvalue weighted by Gasteiger charge is 1.93. The van der Waals surface area contributed by atoms with E-state index in [1.165, 1.54) is 13.8 Å². The zero-order valence-electron chi connectivity index (χ0n) is 11.7. The van der Waals surface area contributed by atoms with E-state index < -0.39 is 0 Å². The fourth-order valence-corrected chi connectivity index (χ4v) is 1.14. The van der Waals surface area contributed by atoms with Crippen molar-refractivity contribution in [2.75, 3.05) is 52.7 Å². The molecule has 0 aromatic carbocycles. The molecule has 0 saturated carbocycles. The van der Waals surface area contributed by atoms with Crippen molar-refractivity contribution in [1.29, 1.82) is 0 Å². The topological polar surface area (TPSA) is 85.9 Å². The van der Waals surface area contributed by atoms with Gasteiger partial charge in [-0.1, -0.05) is 0 Å². The third kappa shape index (κ3) is 16.8. The van der Waals surface area contributed by atoms with Gasteiger partial charge in [-0.05, 0) is 0 Å².